The van der Waals surface area contributed by atoms with Gasteiger partial charge in [-0.1, -0.05) is 54.6 Å². The summed E-state index contributed by atoms with van der Waals surface area (Å²) in [5.74, 6) is 0.715. The summed E-state index contributed by atoms with van der Waals surface area (Å²) in [7, 11) is 0. The molecular weight excluding hydrogens is 504 g/mol. The Morgan fingerprint density at radius 1 is 1.02 bits per heavy atom. The fourth-order valence-corrected chi connectivity index (χ4v) is 4.75. The second-order valence-corrected chi connectivity index (χ2v) is 9.78. The zero-order valence-corrected chi connectivity index (χ0v) is 22.2. The van der Waals surface area contributed by atoms with Crippen molar-refractivity contribution in [2.24, 2.45) is 22.2 Å². The van der Waals surface area contributed by atoms with Crippen LogP contribution in [-0.2, 0) is 6.54 Å². The molecule has 2 aromatic carbocycles. The molecule has 1 aliphatic heterocycles. The Bertz CT molecular complexity index is 1610. The molecule has 2 aromatic heterocycles. The van der Waals surface area contributed by atoms with E-state index in [4.69, 9.17) is 22.6 Å². The van der Waals surface area contributed by atoms with Gasteiger partial charge >= 0.3 is 0 Å². The number of hydrogen-bond donors (Lipinski definition) is 6. The molecule has 9 N–H and O–H groups in total. The molecule has 3 heterocycles. The molecule has 206 valence electrons. The van der Waals surface area contributed by atoms with Gasteiger partial charge in [0.1, 0.15) is 0 Å². The molecule has 0 radical (unpaired) electrons. The number of H-pyrrole nitrogens is 1. The van der Waals surface area contributed by atoms with E-state index in [0.717, 1.165) is 60.4 Å². The van der Waals surface area contributed by atoms with Crippen molar-refractivity contribution in [2.45, 2.75) is 19.4 Å². The Labute approximate surface area is 231 Å². The van der Waals surface area contributed by atoms with Gasteiger partial charge in [0.2, 0.25) is 5.78 Å². The molecule has 0 saturated carbocycles. The van der Waals surface area contributed by atoms with Crippen LogP contribution in [-0.4, -0.2) is 57.4 Å². The van der Waals surface area contributed by atoms with Crippen molar-refractivity contribution < 1.29 is 0 Å². The molecule has 40 heavy (non-hydrogen) atoms. The van der Waals surface area contributed by atoms with Crippen molar-refractivity contribution in [3.63, 3.8) is 0 Å². The number of aliphatic imine (C=N–C) groups is 1. The standard InChI is InChI=1S/C29H34N10O/c30-27(31)35-13-1-12-34-16-19-2-4-22(5-3-19)24-17-39-18-25(36-29(39)37-26(24)40)23-8-6-20(7-9-23)21-10-14-38(15-11-21)28(32)33/h2-10,17-18,34H,1,11-16H2,(H3,32,33)(H4,30,31,35)(H,36,37,40). The Kier molecular flexibility index (Phi) is 7.92. The minimum atomic E-state index is -0.186. The molecular formula is C29H34N10O. The highest BCUT2D eigenvalue weighted by Crippen LogP contribution is 2.26. The van der Waals surface area contributed by atoms with Gasteiger partial charge in [-0.05, 0) is 41.6 Å². The molecule has 0 amide bonds. The number of guanidine groups is 2. The van der Waals surface area contributed by atoms with E-state index in [1.165, 1.54) is 5.57 Å². The highest BCUT2D eigenvalue weighted by Gasteiger charge is 2.14. The van der Waals surface area contributed by atoms with Crippen LogP contribution in [0.1, 0.15) is 24.0 Å². The van der Waals surface area contributed by atoms with Crippen molar-refractivity contribution in [1.82, 2.24) is 24.6 Å². The maximum atomic E-state index is 12.9. The van der Waals surface area contributed by atoms with Crippen LogP contribution in [0.3, 0.4) is 0 Å². The van der Waals surface area contributed by atoms with Gasteiger partial charge in [-0.15, -0.1) is 0 Å². The first kappa shape index (κ1) is 26.7. The number of aromatic amines is 1. The molecule has 0 atom stereocenters. The molecule has 11 nitrogen and oxygen atoms in total. The van der Waals surface area contributed by atoms with Gasteiger partial charge in [-0.25, -0.2) is 4.98 Å². The predicted octanol–water partition coefficient (Wildman–Crippen LogP) is 2.09. The van der Waals surface area contributed by atoms with Crippen LogP contribution in [0.2, 0.25) is 0 Å². The fourth-order valence-electron chi connectivity index (χ4n) is 4.75. The summed E-state index contributed by atoms with van der Waals surface area (Å²) >= 11 is 0. The minimum absolute atomic E-state index is 0.108. The Hall–Kier alpha value is -4.90. The Morgan fingerprint density at radius 3 is 2.42 bits per heavy atom. The van der Waals surface area contributed by atoms with E-state index in [1.54, 1.807) is 0 Å². The zero-order chi connectivity index (χ0) is 28.1. The van der Waals surface area contributed by atoms with Gasteiger partial charge in [0.15, 0.2) is 11.9 Å². The Balaban J connectivity index is 1.26. The highest BCUT2D eigenvalue weighted by molar-refractivity contribution is 5.77. The molecule has 0 saturated heterocycles. The smallest absolute Gasteiger partial charge is 0.260 e. The van der Waals surface area contributed by atoms with Crippen LogP contribution in [0, 0.1) is 5.41 Å². The molecule has 0 fully saturated rings. The molecule has 5 rings (SSSR count). The number of nitrogens with zero attached hydrogens (tertiary/aromatic N) is 4. The largest absolute Gasteiger partial charge is 0.370 e. The first-order chi connectivity index (χ1) is 19.4. The maximum absolute atomic E-state index is 12.9. The lowest BCUT2D eigenvalue weighted by molar-refractivity contribution is 0.451. The molecule has 0 unspecified atom stereocenters. The lowest BCUT2D eigenvalue weighted by Gasteiger charge is -2.26. The van der Waals surface area contributed by atoms with Crippen molar-refractivity contribution in [1.29, 1.82) is 5.41 Å². The van der Waals surface area contributed by atoms with E-state index >= 15 is 0 Å². The van der Waals surface area contributed by atoms with Gasteiger partial charge in [-0.2, -0.15) is 0 Å². The van der Waals surface area contributed by atoms with Crippen LogP contribution in [0.15, 0.2) is 76.8 Å². The fraction of sp³-hybridized carbons (Fsp3) is 0.241. The van der Waals surface area contributed by atoms with Gasteiger partial charge < -0.3 is 27.4 Å². The monoisotopic (exact) mass is 538 g/mol. The third-order valence-corrected chi connectivity index (χ3v) is 6.97. The number of rotatable bonds is 9. The van der Waals surface area contributed by atoms with Gasteiger partial charge in [-0.3, -0.25) is 24.6 Å². The van der Waals surface area contributed by atoms with E-state index in [9.17, 15) is 4.79 Å². The van der Waals surface area contributed by atoms with E-state index in [2.05, 4.69) is 38.5 Å². The predicted molar refractivity (Wildman–Crippen MR) is 160 cm³/mol. The molecule has 11 heteroatoms. The lowest BCUT2D eigenvalue weighted by Crippen LogP contribution is -2.39. The van der Waals surface area contributed by atoms with E-state index in [0.29, 0.717) is 24.4 Å². The average Bonchev–Trinajstić information content (AvgIpc) is 3.37. The molecule has 0 aliphatic carbocycles. The number of hydrogen-bond acceptors (Lipinski definition) is 5. The van der Waals surface area contributed by atoms with Gasteiger partial charge in [0.05, 0.1) is 11.3 Å². The normalized spacial score (nSPS) is 13.3. The first-order valence-corrected chi connectivity index (χ1v) is 13.2. The number of nitrogens with one attached hydrogen (secondary N) is 3. The SMILES string of the molecule is N=C(N)N1CC=C(c2ccc(-c3cn4cc(-c5ccc(CNCCCN=C(N)N)cc5)c(=O)[nH]c4n3)cc2)CC1. The Morgan fingerprint density at radius 2 is 1.75 bits per heavy atom. The number of nitrogens with two attached hydrogens (primary N) is 3. The van der Waals surface area contributed by atoms with Crippen LogP contribution < -0.4 is 28.1 Å². The highest BCUT2D eigenvalue weighted by atomic mass is 16.1. The maximum Gasteiger partial charge on any atom is 0.260 e. The number of aromatic nitrogens is 3. The lowest BCUT2D eigenvalue weighted by atomic mass is 9.98. The second kappa shape index (κ2) is 11.9. The minimum Gasteiger partial charge on any atom is -0.370 e. The molecule has 0 bridgehead atoms. The molecule has 4 aromatic rings. The number of benzene rings is 2. The van der Waals surface area contributed by atoms with E-state index < -0.39 is 0 Å². The van der Waals surface area contributed by atoms with Gasteiger partial charge in [0.25, 0.3) is 5.56 Å². The molecule has 1 aliphatic rings. The van der Waals surface area contributed by atoms with Crippen LogP contribution >= 0.6 is 0 Å². The van der Waals surface area contributed by atoms with Crippen molar-refractivity contribution in [3.05, 3.63) is 88.5 Å². The third-order valence-electron chi connectivity index (χ3n) is 6.97. The van der Waals surface area contributed by atoms with Crippen molar-refractivity contribution >= 4 is 23.3 Å². The summed E-state index contributed by atoms with van der Waals surface area (Å²) < 4.78 is 1.85. The summed E-state index contributed by atoms with van der Waals surface area (Å²) in [5.41, 5.74) is 22.8. The quantitative estimate of drug-likeness (QED) is 0.107. The number of imidazole rings is 1. The summed E-state index contributed by atoms with van der Waals surface area (Å²) in [6, 6.07) is 16.2. The summed E-state index contributed by atoms with van der Waals surface area (Å²) in [6.07, 6.45) is 7.56. The molecule has 0 spiro atoms. The zero-order valence-electron chi connectivity index (χ0n) is 22.2. The third kappa shape index (κ3) is 6.21. The first-order valence-electron chi connectivity index (χ1n) is 13.2. The topological polar surface area (TPSA) is 180 Å². The number of fused-ring (bicyclic) bond motifs is 1. The van der Waals surface area contributed by atoms with E-state index in [-0.39, 0.29) is 17.5 Å². The summed E-state index contributed by atoms with van der Waals surface area (Å²) in [5, 5.41) is 11.0. The van der Waals surface area contributed by atoms with Crippen LogP contribution in [0.25, 0.3) is 33.7 Å². The summed E-state index contributed by atoms with van der Waals surface area (Å²) in [6.45, 7) is 3.51. The second-order valence-electron chi connectivity index (χ2n) is 9.78. The average molecular weight is 539 g/mol. The van der Waals surface area contributed by atoms with Crippen molar-refractivity contribution in [2.75, 3.05) is 26.2 Å². The van der Waals surface area contributed by atoms with Crippen LogP contribution in [0.4, 0.5) is 0 Å². The van der Waals surface area contributed by atoms with Crippen LogP contribution in [0.5, 0.6) is 0 Å². The van der Waals surface area contributed by atoms with Gasteiger partial charge in [0, 0.05) is 44.1 Å². The van der Waals surface area contributed by atoms with E-state index in [1.807, 2.05) is 58.1 Å². The summed E-state index contributed by atoms with van der Waals surface area (Å²) in [4.78, 5) is 26.3. The van der Waals surface area contributed by atoms with Crippen molar-refractivity contribution in [3.8, 4) is 22.4 Å².